The van der Waals surface area contributed by atoms with Gasteiger partial charge in [-0.1, -0.05) is 12.1 Å². The minimum Gasteiger partial charge on any atom is -0.402 e. The van der Waals surface area contributed by atoms with Crippen LogP contribution >= 0.6 is 0 Å². The SMILES string of the molecule is NC1=CC=C(NCc2ccc(N)cc2)CC1. The maximum absolute atomic E-state index is 5.70. The molecule has 0 bridgehead atoms. The minimum atomic E-state index is 0.802. The topological polar surface area (TPSA) is 64.1 Å². The van der Waals surface area contributed by atoms with Gasteiger partial charge in [0.2, 0.25) is 0 Å². The van der Waals surface area contributed by atoms with Gasteiger partial charge < -0.3 is 16.8 Å². The van der Waals surface area contributed by atoms with Crippen molar-refractivity contribution in [3.8, 4) is 0 Å². The van der Waals surface area contributed by atoms with E-state index in [9.17, 15) is 0 Å². The van der Waals surface area contributed by atoms with Crippen molar-refractivity contribution in [1.29, 1.82) is 0 Å². The minimum absolute atomic E-state index is 0.802. The van der Waals surface area contributed by atoms with Crippen LogP contribution in [0.3, 0.4) is 0 Å². The molecular formula is C13H17N3. The fourth-order valence-electron chi connectivity index (χ4n) is 1.65. The van der Waals surface area contributed by atoms with Gasteiger partial charge in [0.05, 0.1) is 0 Å². The predicted octanol–water partition coefficient (Wildman–Crippen LogP) is 1.88. The molecule has 3 nitrogen and oxygen atoms in total. The van der Waals surface area contributed by atoms with Crippen LogP contribution in [0.15, 0.2) is 47.8 Å². The Balaban J connectivity index is 1.90. The molecule has 0 radical (unpaired) electrons. The first kappa shape index (κ1) is 10.6. The van der Waals surface area contributed by atoms with E-state index in [2.05, 4.69) is 11.4 Å². The highest BCUT2D eigenvalue weighted by atomic mass is 14.9. The maximum atomic E-state index is 5.70. The summed E-state index contributed by atoms with van der Waals surface area (Å²) in [6, 6.07) is 7.92. The van der Waals surface area contributed by atoms with E-state index in [4.69, 9.17) is 11.5 Å². The third-order valence-electron chi connectivity index (χ3n) is 2.68. The predicted molar refractivity (Wildman–Crippen MR) is 67.3 cm³/mol. The molecule has 0 aromatic heterocycles. The first-order valence-electron chi connectivity index (χ1n) is 5.47. The fourth-order valence-corrected chi connectivity index (χ4v) is 1.65. The molecule has 0 spiro atoms. The van der Waals surface area contributed by atoms with Crippen LogP contribution in [-0.4, -0.2) is 0 Å². The molecule has 0 unspecified atom stereocenters. The van der Waals surface area contributed by atoms with Gasteiger partial charge in [0.15, 0.2) is 0 Å². The number of hydrogen-bond donors (Lipinski definition) is 3. The van der Waals surface area contributed by atoms with E-state index >= 15 is 0 Å². The Morgan fingerprint density at radius 3 is 2.38 bits per heavy atom. The molecule has 0 fully saturated rings. The smallest absolute Gasteiger partial charge is 0.0397 e. The molecule has 0 aliphatic heterocycles. The van der Waals surface area contributed by atoms with E-state index < -0.39 is 0 Å². The van der Waals surface area contributed by atoms with Gasteiger partial charge >= 0.3 is 0 Å². The Hall–Kier alpha value is -1.90. The molecule has 1 aromatic rings. The monoisotopic (exact) mass is 215 g/mol. The molecule has 16 heavy (non-hydrogen) atoms. The summed E-state index contributed by atoms with van der Waals surface area (Å²) >= 11 is 0. The van der Waals surface area contributed by atoms with Crippen molar-refractivity contribution in [1.82, 2.24) is 5.32 Å². The molecule has 0 saturated carbocycles. The number of allylic oxidation sites excluding steroid dienone is 4. The number of anilines is 1. The Bertz CT molecular complexity index is 415. The van der Waals surface area contributed by atoms with Crippen molar-refractivity contribution in [2.45, 2.75) is 19.4 Å². The highest BCUT2D eigenvalue weighted by molar-refractivity contribution is 5.39. The number of nitrogen functional groups attached to an aromatic ring is 1. The van der Waals surface area contributed by atoms with E-state index in [1.807, 2.05) is 30.3 Å². The summed E-state index contributed by atoms with van der Waals surface area (Å²) in [6.45, 7) is 0.833. The van der Waals surface area contributed by atoms with E-state index in [1.165, 1.54) is 11.3 Å². The van der Waals surface area contributed by atoms with Crippen LogP contribution in [0, 0.1) is 0 Å². The summed E-state index contributed by atoms with van der Waals surface area (Å²) < 4.78 is 0. The quantitative estimate of drug-likeness (QED) is 0.674. The van der Waals surface area contributed by atoms with Gasteiger partial charge in [0.1, 0.15) is 0 Å². The second-order valence-corrected chi connectivity index (χ2v) is 4.03. The highest BCUT2D eigenvalue weighted by Gasteiger charge is 2.02. The molecule has 1 aliphatic carbocycles. The molecule has 84 valence electrons. The first-order chi connectivity index (χ1) is 7.74. The molecular weight excluding hydrogens is 198 g/mol. The average molecular weight is 215 g/mol. The van der Waals surface area contributed by atoms with Gasteiger partial charge in [0, 0.05) is 23.6 Å². The summed E-state index contributed by atoms with van der Waals surface area (Å²) in [4.78, 5) is 0. The van der Waals surface area contributed by atoms with Crippen LogP contribution in [0.1, 0.15) is 18.4 Å². The zero-order valence-electron chi connectivity index (χ0n) is 9.24. The van der Waals surface area contributed by atoms with Crippen molar-refractivity contribution < 1.29 is 0 Å². The van der Waals surface area contributed by atoms with Crippen LogP contribution in [0.4, 0.5) is 5.69 Å². The van der Waals surface area contributed by atoms with E-state index in [0.29, 0.717) is 0 Å². The van der Waals surface area contributed by atoms with E-state index in [1.54, 1.807) is 0 Å². The lowest BCUT2D eigenvalue weighted by Gasteiger charge is -2.14. The molecule has 5 N–H and O–H groups in total. The van der Waals surface area contributed by atoms with Crippen molar-refractivity contribution in [2.75, 3.05) is 5.73 Å². The van der Waals surface area contributed by atoms with Crippen molar-refractivity contribution in [3.63, 3.8) is 0 Å². The van der Waals surface area contributed by atoms with Gasteiger partial charge in [-0.15, -0.1) is 0 Å². The molecule has 1 aliphatic rings. The maximum Gasteiger partial charge on any atom is 0.0397 e. The zero-order chi connectivity index (χ0) is 11.4. The van der Waals surface area contributed by atoms with Crippen molar-refractivity contribution in [3.05, 3.63) is 53.4 Å². The third kappa shape index (κ3) is 2.79. The number of nitrogens with one attached hydrogen (secondary N) is 1. The summed E-state index contributed by atoms with van der Waals surface area (Å²) in [7, 11) is 0. The van der Waals surface area contributed by atoms with Crippen molar-refractivity contribution in [2.24, 2.45) is 5.73 Å². The van der Waals surface area contributed by atoms with Gasteiger partial charge in [-0.2, -0.15) is 0 Å². The van der Waals surface area contributed by atoms with Crippen LogP contribution < -0.4 is 16.8 Å². The van der Waals surface area contributed by atoms with Crippen molar-refractivity contribution >= 4 is 5.69 Å². The molecule has 0 saturated heterocycles. The Morgan fingerprint density at radius 1 is 1.00 bits per heavy atom. The molecule has 0 heterocycles. The summed E-state index contributed by atoms with van der Waals surface area (Å²) in [5.41, 5.74) is 15.6. The second kappa shape index (κ2) is 4.75. The average Bonchev–Trinajstić information content (AvgIpc) is 2.30. The fraction of sp³-hybridized carbons (Fsp3) is 0.231. The Kier molecular flexibility index (Phi) is 3.15. The normalized spacial score (nSPS) is 15.2. The van der Waals surface area contributed by atoms with Gasteiger partial charge in [0.25, 0.3) is 0 Å². The third-order valence-corrected chi connectivity index (χ3v) is 2.68. The largest absolute Gasteiger partial charge is 0.402 e. The lowest BCUT2D eigenvalue weighted by Crippen LogP contribution is -2.15. The standard InChI is InChI=1S/C13H17N3/c14-11-3-1-10(2-4-11)9-16-13-7-5-12(15)6-8-13/h1-5,7,16H,6,8-9,14-15H2. The Morgan fingerprint density at radius 2 is 1.75 bits per heavy atom. The second-order valence-electron chi connectivity index (χ2n) is 4.03. The number of hydrogen-bond acceptors (Lipinski definition) is 3. The number of nitrogens with two attached hydrogens (primary N) is 2. The van der Waals surface area contributed by atoms with E-state index in [0.717, 1.165) is 30.8 Å². The van der Waals surface area contributed by atoms with Crippen LogP contribution in [0.2, 0.25) is 0 Å². The summed E-state index contributed by atoms with van der Waals surface area (Å²) in [5.74, 6) is 0. The highest BCUT2D eigenvalue weighted by Crippen LogP contribution is 2.13. The van der Waals surface area contributed by atoms with Crippen LogP contribution in [0.25, 0.3) is 0 Å². The number of rotatable bonds is 3. The lowest BCUT2D eigenvalue weighted by atomic mass is 10.1. The first-order valence-corrected chi connectivity index (χ1v) is 5.47. The number of benzene rings is 1. The molecule has 1 aromatic carbocycles. The summed E-state index contributed by atoms with van der Waals surface area (Å²) in [5, 5.41) is 3.40. The van der Waals surface area contributed by atoms with Gasteiger partial charge in [-0.25, -0.2) is 0 Å². The molecule has 0 amide bonds. The molecule has 2 rings (SSSR count). The van der Waals surface area contributed by atoms with Gasteiger partial charge in [-0.3, -0.25) is 0 Å². The zero-order valence-corrected chi connectivity index (χ0v) is 9.24. The molecule has 3 heteroatoms. The van der Waals surface area contributed by atoms with Crippen LogP contribution in [-0.2, 0) is 6.54 Å². The van der Waals surface area contributed by atoms with Crippen LogP contribution in [0.5, 0.6) is 0 Å². The lowest BCUT2D eigenvalue weighted by molar-refractivity contribution is 0.731. The molecule has 0 atom stereocenters. The summed E-state index contributed by atoms with van der Waals surface area (Å²) in [6.07, 6.45) is 5.96. The van der Waals surface area contributed by atoms with Gasteiger partial charge in [-0.05, 0) is 42.7 Å². The van der Waals surface area contributed by atoms with E-state index in [-0.39, 0.29) is 0 Å². The Labute approximate surface area is 95.8 Å².